The zero-order valence-corrected chi connectivity index (χ0v) is 17.8. The Hall–Kier alpha value is -1.88. The fourth-order valence-corrected chi connectivity index (χ4v) is 3.83. The zero-order chi connectivity index (χ0) is 19.9. The molecule has 0 saturated heterocycles. The highest BCUT2D eigenvalue weighted by molar-refractivity contribution is 7.98. The Morgan fingerprint density at radius 3 is 2.61 bits per heavy atom. The van der Waals surface area contributed by atoms with E-state index in [4.69, 9.17) is 27.9 Å². The van der Waals surface area contributed by atoms with Gasteiger partial charge in [0.2, 0.25) is 0 Å². The van der Waals surface area contributed by atoms with Crippen LogP contribution in [0.3, 0.4) is 0 Å². The fourth-order valence-electron chi connectivity index (χ4n) is 2.71. The van der Waals surface area contributed by atoms with E-state index in [0.717, 1.165) is 27.8 Å². The second kappa shape index (κ2) is 10.1. The smallest absolute Gasteiger partial charge is 0.260 e. The van der Waals surface area contributed by atoms with Crippen LogP contribution in [0.15, 0.2) is 60.7 Å². The molecule has 0 aliphatic rings. The molecule has 1 N–H and O–H groups in total. The first-order valence-electron chi connectivity index (χ1n) is 8.98. The molecule has 3 aromatic rings. The van der Waals surface area contributed by atoms with E-state index in [2.05, 4.69) is 5.32 Å². The lowest BCUT2D eigenvalue weighted by molar-refractivity contribution is -0.127. The summed E-state index contributed by atoms with van der Waals surface area (Å²) in [6, 6.07) is 19.5. The van der Waals surface area contributed by atoms with Gasteiger partial charge in [0, 0.05) is 18.1 Å². The average Bonchev–Trinajstić information content (AvgIpc) is 2.70. The van der Waals surface area contributed by atoms with Crippen molar-refractivity contribution in [3.05, 3.63) is 76.3 Å². The summed E-state index contributed by atoms with van der Waals surface area (Å²) in [7, 11) is 0. The van der Waals surface area contributed by atoms with Crippen LogP contribution >= 0.6 is 35.0 Å². The minimum atomic E-state index is -0.554. The Morgan fingerprint density at radius 2 is 1.82 bits per heavy atom. The predicted octanol–water partition coefficient (Wildman–Crippen LogP) is 5.96. The predicted molar refractivity (Wildman–Crippen MR) is 120 cm³/mol. The number of rotatable bonds is 8. The zero-order valence-electron chi connectivity index (χ0n) is 15.5. The highest BCUT2D eigenvalue weighted by atomic mass is 35.5. The molecule has 0 aromatic heterocycles. The van der Waals surface area contributed by atoms with Gasteiger partial charge in [-0.3, -0.25) is 4.79 Å². The Bertz CT molecular complexity index is 964. The van der Waals surface area contributed by atoms with Crippen molar-refractivity contribution in [2.75, 3.05) is 12.3 Å². The van der Waals surface area contributed by atoms with Crippen LogP contribution in [-0.2, 0) is 10.5 Å². The molecule has 3 rings (SSSR count). The molecular formula is C22H21Cl2NO2S. The van der Waals surface area contributed by atoms with E-state index in [0.29, 0.717) is 22.3 Å². The van der Waals surface area contributed by atoms with Crippen molar-refractivity contribution in [2.45, 2.75) is 18.8 Å². The van der Waals surface area contributed by atoms with Gasteiger partial charge in [-0.05, 0) is 47.5 Å². The van der Waals surface area contributed by atoms with Crippen molar-refractivity contribution in [3.63, 3.8) is 0 Å². The lowest BCUT2D eigenvalue weighted by Crippen LogP contribution is -2.37. The van der Waals surface area contributed by atoms with Gasteiger partial charge in [-0.25, -0.2) is 0 Å². The summed E-state index contributed by atoms with van der Waals surface area (Å²) in [6.07, 6.45) is -0.554. The van der Waals surface area contributed by atoms with Crippen LogP contribution in [0.25, 0.3) is 10.8 Å². The third-order valence-electron chi connectivity index (χ3n) is 4.20. The van der Waals surface area contributed by atoms with Gasteiger partial charge in [-0.1, -0.05) is 59.6 Å². The van der Waals surface area contributed by atoms with Gasteiger partial charge in [-0.2, -0.15) is 11.8 Å². The number of thioether (sulfide) groups is 1. The summed E-state index contributed by atoms with van der Waals surface area (Å²) >= 11 is 13.7. The van der Waals surface area contributed by atoms with Gasteiger partial charge in [-0.15, -0.1) is 0 Å². The van der Waals surface area contributed by atoms with Gasteiger partial charge in [0.15, 0.2) is 6.10 Å². The summed E-state index contributed by atoms with van der Waals surface area (Å²) < 4.78 is 5.79. The van der Waals surface area contributed by atoms with Gasteiger partial charge >= 0.3 is 0 Å². The number of fused-ring (bicyclic) bond motifs is 1. The quantitative estimate of drug-likeness (QED) is 0.445. The first kappa shape index (κ1) is 20.8. The molecule has 28 heavy (non-hydrogen) atoms. The molecule has 1 unspecified atom stereocenters. The van der Waals surface area contributed by atoms with Crippen LogP contribution in [0.5, 0.6) is 5.75 Å². The lowest BCUT2D eigenvalue weighted by Gasteiger charge is -2.15. The molecule has 0 radical (unpaired) electrons. The molecule has 0 aliphatic heterocycles. The third kappa shape index (κ3) is 5.81. The highest BCUT2D eigenvalue weighted by Gasteiger charge is 2.14. The van der Waals surface area contributed by atoms with Crippen LogP contribution in [0.2, 0.25) is 10.0 Å². The first-order valence-corrected chi connectivity index (χ1v) is 10.9. The summed E-state index contributed by atoms with van der Waals surface area (Å²) in [5, 5.41) is 6.27. The van der Waals surface area contributed by atoms with Crippen molar-refractivity contribution in [3.8, 4) is 5.75 Å². The summed E-state index contributed by atoms with van der Waals surface area (Å²) in [5.74, 6) is 2.18. The van der Waals surface area contributed by atoms with Crippen molar-refractivity contribution < 1.29 is 9.53 Å². The molecule has 0 bridgehead atoms. The van der Waals surface area contributed by atoms with E-state index < -0.39 is 6.10 Å². The van der Waals surface area contributed by atoms with Crippen LogP contribution in [0.1, 0.15) is 12.5 Å². The van der Waals surface area contributed by atoms with E-state index in [1.807, 2.05) is 54.6 Å². The number of ether oxygens (including phenoxy) is 1. The standard InChI is InChI=1S/C22H21Cl2NO2S/c1-15(27-19-8-7-17-4-2-3-5-18(17)13-19)22(26)25-10-11-28-14-16-6-9-20(23)21(24)12-16/h2-9,12-13,15H,10-11,14H2,1H3,(H,25,26). The molecule has 1 atom stereocenters. The maximum Gasteiger partial charge on any atom is 0.260 e. The molecule has 3 nitrogen and oxygen atoms in total. The normalized spacial score (nSPS) is 12.0. The second-order valence-electron chi connectivity index (χ2n) is 6.36. The van der Waals surface area contributed by atoms with E-state index in [9.17, 15) is 4.79 Å². The van der Waals surface area contributed by atoms with Crippen LogP contribution in [-0.4, -0.2) is 24.3 Å². The molecule has 6 heteroatoms. The van der Waals surface area contributed by atoms with E-state index in [1.165, 1.54) is 0 Å². The van der Waals surface area contributed by atoms with Crippen molar-refractivity contribution in [2.24, 2.45) is 0 Å². The topological polar surface area (TPSA) is 38.3 Å². The molecule has 1 amide bonds. The number of nitrogens with one attached hydrogen (secondary N) is 1. The van der Waals surface area contributed by atoms with Gasteiger partial charge < -0.3 is 10.1 Å². The maximum absolute atomic E-state index is 12.2. The third-order valence-corrected chi connectivity index (χ3v) is 5.97. The Balaban J connectivity index is 1.40. The van der Waals surface area contributed by atoms with Crippen LogP contribution in [0, 0.1) is 0 Å². The number of hydrogen-bond acceptors (Lipinski definition) is 3. The summed E-state index contributed by atoms with van der Waals surface area (Å²) in [5.41, 5.74) is 1.11. The largest absolute Gasteiger partial charge is 0.481 e. The molecule has 0 saturated carbocycles. The number of amides is 1. The van der Waals surface area contributed by atoms with Gasteiger partial charge in [0.25, 0.3) is 5.91 Å². The van der Waals surface area contributed by atoms with Gasteiger partial charge in [0.05, 0.1) is 10.0 Å². The Morgan fingerprint density at radius 1 is 1.04 bits per heavy atom. The SMILES string of the molecule is CC(Oc1ccc2ccccc2c1)C(=O)NCCSCc1ccc(Cl)c(Cl)c1. The molecule has 0 fully saturated rings. The fraction of sp³-hybridized carbons (Fsp3) is 0.227. The van der Waals surface area contributed by atoms with Gasteiger partial charge in [0.1, 0.15) is 5.75 Å². The molecule has 0 heterocycles. The highest BCUT2D eigenvalue weighted by Crippen LogP contribution is 2.24. The molecule has 146 valence electrons. The van der Waals surface area contributed by atoms with Crippen molar-refractivity contribution >= 4 is 51.6 Å². The summed E-state index contributed by atoms with van der Waals surface area (Å²) in [6.45, 7) is 2.34. The molecule has 0 aliphatic carbocycles. The maximum atomic E-state index is 12.2. The van der Waals surface area contributed by atoms with E-state index in [-0.39, 0.29) is 5.91 Å². The number of hydrogen-bond donors (Lipinski definition) is 1. The minimum absolute atomic E-state index is 0.122. The number of carbonyl (C=O) groups excluding carboxylic acids is 1. The van der Waals surface area contributed by atoms with Crippen LogP contribution in [0.4, 0.5) is 0 Å². The Labute approximate surface area is 179 Å². The number of halogens is 2. The van der Waals surface area contributed by atoms with E-state index >= 15 is 0 Å². The number of carbonyl (C=O) groups is 1. The number of benzene rings is 3. The molecule has 3 aromatic carbocycles. The first-order chi connectivity index (χ1) is 13.5. The van der Waals surface area contributed by atoms with Crippen molar-refractivity contribution in [1.29, 1.82) is 0 Å². The van der Waals surface area contributed by atoms with Crippen LogP contribution < -0.4 is 10.1 Å². The lowest BCUT2D eigenvalue weighted by atomic mass is 10.1. The Kier molecular flexibility index (Phi) is 7.49. The summed E-state index contributed by atoms with van der Waals surface area (Å²) in [4.78, 5) is 12.2. The molecule has 0 spiro atoms. The monoisotopic (exact) mass is 433 g/mol. The average molecular weight is 434 g/mol. The molecular weight excluding hydrogens is 413 g/mol. The van der Waals surface area contributed by atoms with E-state index in [1.54, 1.807) is 24.8 Å². The van der Waals surface area contributed by atoms with Crippen molar-refractivity contribution in [1.82, 2.24) is 5.32 Å². The second-order valence-corrected chi connectivity index (χ2v) is 8.28. The minimum Gasteiger partial charge on any atom is -0.481 e.